The third kappa shape index (κ3) is 4.72. The average Bonchev–Trinajstić information content (AvgIpc) is 3.53. The Bertz CT molecular complexity index is 1430. The molecule has 1 N–H and O–H groups in total. The van der Waals surface area contributed by atoms with Gasteiger partial charge in [-0.2, -0.15) is 10.2 Å². The number of pyridine rings is 1. The molecule has 3 heterocycles. The molecule has 4 aromatic rings. The summed E-state index contributed by atoms with van der Waals surface area (Å²) >= 11 is 12.3. The van der Waals surface area contributed by atoms with Gasteiger partial charge in [-0.15, -0.1) is 0 Å². The summed E-state index contributed by atoms with van der Waals surface area (Å²) in [6.07, 6.45) is 0.544. The molecule has 35 heavy (non-hydrogen) atoms. The van der Waals surface area contributed by atoms with Crippen molar-refractivity contribution in [2.24, 2.45) is 0 Å². The van der Waals surface area contributed by atoms with Crippen molar-refractivity contribution in [2.45, 2.75) is 45.2 Å². The highest BCUT2D eigenvalue weighted by Crippen LogP contribution is 2.42. The largest absolute Gasteiger partial charge is 0.306 e. The van der Waals surface area contributed by atoms with Crippen LogP contribution < -0.4 is 5.32 Å². The van der Waals surface area contributed by atoms with E-state index in [0.717, 1.165) is 12.8 Å². The van der Waals surface area contributed by atoms with Crippen molar-refractivity contribution in [2.75, 3.05) is 5.32 Å². The molecule has 0 saturated heterocycles. The smallest absolute Gasteiger partial charge is 0.264 e. The Kier molecular flexibility index (Phi) is 6.18. The van der Waals surface area contributed by atoms with Gasteiger partial charge in [0.15, 0.2) is 11.5 Å². The fourth-order valence-corrected chi connectivity index (χ4v) is 4.41. The van der Waals surface area contributed by atoms with Crippen molar-refractivity contribution in [1.82, 2.24) is 24.5 Å². The van der Waals surface area contributed by atoms with E-state index in [1.54, 1.807) is 13.0 Å². The number of nitrogens with one attached hydrogen (secondary N) is 1. The van der Waals surface area contributed by atoms with Gasteiger partial charge in [0, 0.05) is 34.0 Å². The summed E-state index contributed by atoms with van der Waals surface area (Å²) in [7, 11) is 0. The number of nitrogens with zero attached hydrogens (tertiary/aromatic N) is 5. The van der Waals surface area contributed by atoms with Crippen LogP contribution in [0.1, 0.15) is 47.7 Å². The number of alkyl halides is 2. The molecule has 1 fully saturated rings. The fraction of sp³-hybridized carbons (Fsp3) is 0.304. The number of benzene rings is 1. The Morgan fingerprint density at radius 2 is 2.00 bits per heavy atom. The second-order valence-electron chi connectivity index (χ2n) is 8.42. The lowest BCUT2D eigenvalue weighted by Gasteiger charge is -2.08. The molecule has 12 heteroatoms. The SMILES string of the molecule is Cc1nn(CC(=O)Nc2nn(Cc3c(F)cccc3Cl)cc2Cl)c2nc(C3CC3)cc(C(F)F)c12. The van der Waals surface area contributed by atoms with Gasteiger partial charge in [0.25, 0.3) is 6.43 Å². The van der Waals surface area contributed by atoms with Crippen LogP contribution in [0, 0.1) is 12.7 Å². The summed E-state index contributed by atoms with van der Waals surface area (Å²) in [5.74, 6) is -0.795. The molecule has 1 aliphatic rings. The van der Waals surface area contributed by atoms with E-state index in [1.807, 2.05) is 0 Å². The van der Waals surface area contributed by atoms with Crippen molar-refractivity contribution in [1.29, 1.82) is 0 Å². The highest BCUT2D eigenvalue weighted by Gasteiger charge is 2.29. The number of rotatable bonds is 7. The Labute approximate surface area is 207 Å². The maximum Gasteiger partial charge on any atom is 0.264 e. The minimum Gasteiger partial charge on any atom is -0.306 e. The topological polar surface area (TPSA) is 77.6 Å². The zero-order valence-corrected chi connectivity index (χ0v) is 19.9. The third-order valence-corrected chi connectivity index (χ3v) is 6.44. The summed E-state index contributed by atoms with van der Waals surface area (Å²) < 4.78 is 44.3. The summed E-state index contributed by atoms with van der Waals surface area (Å²) in [6.45, 7) is 1.33. The molecule has 1 amide bonds. The first-order valence-corrected chi connectivity index (χ1v) is 11.6. The van der Waals surface area contributed by atoms with Crippen LogP contribution in [0.25, 0.3) is 11.0 Å². The van der Waals surface area contributed by atoms with Crippen LogP contribution >= 0.6 is 23.2 Å². The summed E-state index contributed by atoms with van der Waals surface area (Å²) in [6, 6.07) is 5.79. The second kappa shape index (κ2) is 9.16. The van der Waals surface area contributed by atoms with Crippen LogP contribution in [0.5, 0.6) is 0 Å². The number of anilines is 1. The number of aryl methyl sites for hydroxylation is 1. The van der Waals surface area contributed by atoms with Crippen molar-refractivity contribution in [3.05, 3.63) is 68.8 Å². The van der Waals surface area contributed by atoms with Crippen LogP contribution in [0.3, 0.4) is 0 Å². The monoisotopic (exact) mass is 522 g/mol. The highest BCUT2D eigenvalue weighted by molar-refractivity contribution is 6.33. The first kappa shape index (κ1) is 23.6. The van der Waals surface area contributed by atoms with Gasteiger partial charge in [0.2, 0.25) is 5.91 Å². The van der Waals surface area contributed by atoms with Gasteiger partial charge in [-0.05, 0) is 38.0 Å². The van der Waals surface area contributed by atoms with Crippen LogP contribution in [0.4, 0.5) is 19.0 Å². The predicted octanol–water partition coefficient (Wildman–Crippen LogP) is 5.88. The quantitative estimate of drug-likeness (QED) is 0.328. The van der Waals surface area contributed by atoms with Gasteiger partial charge in [-0.1, -0.05) is 29.3 Å². The molecule has 0 atom stereocenters. The number of aromatic nitrogens is 5. The van der Waals surface area contributed by atoms with E-state index in [4.69, 9.17) is 23.2 Å². The fourth-order valence-electron chi connectivity index (χ4n) is 3.99. The van der Waals surface area contributed by atoms with Gasteiger partial charge in [0.1, 0.15) is 17.4 Å². The van der Waals surface area contributed by atoms with E-state index in [0.29, 0.717) is 11.4 Å². The van der Waals surface area contributed by atoms with Crippen LogP contribution in [-0.2, 0) is 17.9 Å². The number of fused-ring (bicyclic) bond motifs is 1. The van der Waals surface area contributed by atoms with Crippen LogP contribution in [0.15, 0.2) is 30.5 Å². The molecule has 3 aromatic heterocycles. The zero-order valence-electron chi connectivity index (χ0n) is 18.4. The van der Waals surface area contributed by atoms with Gasteiger partial charge in [-0.3, -0.25) is 9.48 Å². The standard InChI is InChI=1S/C23H19Cl2F3N6O/c1-11-20-13(21(27)28)7-18(12-5-6-12)29-23(20)34(31-11)10-19(35)30-22-16(25)9-33(32-22)8-14-15(24)3-2-4-17(14)26/h2-4,7,9,12,21H,5-6,8,10H2,1H3,(H,30,32,35). The second-order valence-corrected chi connectivity index (χ2v) is 9.24. The zero-order chi connectivity index (χ0) is 24.9. The van der Waals surface area contributed by atoms with Crippen LogP contribution in [0.2, 0.25) is 10.0 Å². The Hall–Kier alpha value is -3.11. The van der Waals surface area contributed by atoms with E-state index in [9.17, 15) is 18.0 Å². The van der Waals surface area contributed by atoms with Crippen LogP contribution in [-0.4, -0.2) is 30.5 Å². The predicted molar refractivity (Wildman–Crippen MR) is 126 cm³/mol. The molecule has 5 rings (SSSR count). The number of carbonyl (C=O) groups is 1. The van der Waals surface area contributed by atoms with Gasteiger partial charge >= 0.3 is 0 Å². The average molecular weight is 523 g/mol. The molecule has 1 aromatic carbocycles. The number of amides is 1. The molecular weight excluding hydrogens is 504 g/mol. The van der Waals surface area contributed by atoms with E-state index in [-0.39, 0.29) is 57.0 Å². The van der Waals surface area contributed by atoms with Crippen molar-refractivity contribution < 1.29 is 18.0 Å². The van der Waals surface area contributed by atoms with Gasteiger partial charge < -0.3 is 5.32 Å². The maximum atomic E-state index is 14.1. The number of hydrogen-bond acceptors (Lipinski definition) is 4. The van der Waals surface area contributed by atoms with E-state index in [1.165, 1.54) is 33.8 Å². The molecule has 0 spiro atoms. The number of hydrogen-bond donors (Lipinski definition) is 1. The molecule has 0 aliphatic heterocycles. The molecule has 0 bridgehead atoms. The summed E-state index contributed by atoms with van der Waals surface area (Å²) in [5, 5.41) is 11.7. The summed E-state index contributed by atoms with van der Waals surface area (Å²) in [4.78, 5) is 17.3. The lowest BCUT2D eigenvalue weighted by Crippen LogP contribution is -2.20. The molecule has 7 nitrogen and oxygen atoms in total. The molecule has 182 valence electrons. The summed E-state index contributed by atoms with van der Waals surface area (Å²) in [5.41, 5.74) is 1.29. The third-order valence-electron chi connectivity index (χ3n) is 5.81. The lowest BCUT2D eigenvalue weighted by molar-refractivity contribution is -0.116. The Balaban J connectivity index is 1.38. The van der Waals surface area contributed by atoms with E-state index >= 15 is 0 Å². The molecular formula is C23H19Cl2F3N6O. The Morgan fingerprint density at radius 3 is 2.69 bits per heavy atom. The molecule has 1 aliphatic carbocycles. The number of halogens is 5. The van der Waals surface area contributed by atoms with Gasteiger partial charge in [-0.25, -0.2) is 22.8 Å². The van der Waals surface area contributed by atoms with E-state index in [2.05, 4.69) is 20.5 Å². The molecule has 0 unspecified atom stereocenters. The highest BCUT2D eigenvalue weighted by atomic mass is 35.5. The van der Waals surface area contributed by atoms with Crippen molar-refractivity contribution in [3.63, 3.8) is 0 Å². The van der Waals surface area contributed by atoms with Crippen molar-refractivity contribution >= 4 is 46.0 Å². The lowest BCUT2D eigenvalue weighted by atomic mass is 10.1. The molecule has 0 radical (unpaired) electrons. The minimum absolute atomic E-state index is 0.00829. The number of carbonyl (C=O) groups excluding carboxylic acids is 1. The maximum absolute atomic E-state index is 14.1. The normalized spacial score (nSPS) is 13.7. The first-order valence-electron chi connectivity index (χ1n) is 10.8. The molecule has 1 saturated carbocycles. The Morgan fingerprint density at radius 1 is 1.23 bits per heavy atom. The minimum atomic E-state index is -2.69. The van der Waals surface area contributed by atoms with Crippen molar-refractivity contribution in [3.8, 4) is 0 Å². The van der Waals surface area contributed by atoms with E-state index < -0.39 is 18.1 Å². The first-order chi connectivity index (χ1) is 16.7. The van der Waals surface area contributed by atoms with Gasteiger partial charge in [0.05, 0.1) is 17.6 Å².